The van der Waals surface area contributed by atoms with Gasteiger partial charge in [-0.2, -0.15) is 0 Å². The fourth-order valence-electron chi connectivity index (χ4n) is 1.39. The third-order valence-corrected chi connectivity index (χ3v) is 17.0. The predicted octanol–water partition coefficient (Wildman–Crippen LogP) is 4.31. The summed E-state index contributed by atoms with van der Waals surface area (Å²) in [5.74, 6) is 0. The molecule has 0 radical (unpaired) electrons. The summed E-state index contributed by atoms with van der Waals surface area (Å²) in [6, 6.07) is 0. The van der Waals surface area contributed by atoms with Gasteiger partial charge in [0.05, 0.1) is 0 Å². The standard InChI is InChI=1S/C6H7.3C2H5.Sn/c1-4-5-6(2)3;3*1-2;/h1H,2-3H3;3*1H2,2H3;. The van der Waals surface area contributed by atoms with Crippen LogP contribution < -0.4 is 0 Å². The molecule has 0 nitrogen and oxygen atoms in total. The molecule has 0 unspecified atom stereocenters. The van der Waals surface area contributed by atoms with E-state index >= 15 is 0 Å². The van der Waals surface area contributed by atoms with Gasteiger partial charge >= 0.3 is 87.4 Å². The van der Waals surface area contributed by atoms with Crippen molar-refractivity contribution in [3.8, 4) is 0 Å². The van der Waals surface area contributed by atoms with E-state index in [2.05, 4.69) is 50.2 Å². The average molecular weight is 285 g/mol. The van der Waals surface area contributed by atoms with E-state index in [0.29, 0.717) is 0 Å². The Kier molecular flexibility index (Phi) is 6.59. The Balaban J connectivity index is 4.80. The zero-order chi connectivity index (χ0) is 10.3. The summed E-state index contributed by atoms with van der Waals surface area (Å²) in [4.78, 5) is 0. The van der Waals surface area contributed by atoms with Crippen molar-refractivity contribution in [2.75, 3.05) is 0 Å². The van der Waals surface area contributed by atoms with Crippen molar-refractivity contribution in [3.63, 3.8) is 0 Å². The predicted molar refractivity (Wildman–Crippen MR) is 63.7 cm³/mol. The van der Waals surface area contributed by atoms with E-state index < -0.39 is 18.4 Å². The van der Waals surface area contributed by atoms with Gasteiger partial charge in [0.15, 0.2) is 0 Å². The molecule has 0 heterocycles. The summed E-state index contributed by atoms with van der Waals surface area (Å²) in [5.41, 5.74) is 7.65. The van der Waals surface area contributed by atoms with E-state index in [4.69, 9.17) is 0 Å². The van der Waals surface area contributed by atoms with E-state index in [1.165, 1.54) is 18.9 Å². The second-order valence-corrected chi connectivity index (χ2v) is 18.5. The molecule has 0 spiro atoms. The van der Waals surface area contributed by atoms with E-state index in [9.17, 15) is 0 Å². The average Bonchev–Trinajstić information content (AvgIpc) is 2.13. The van der Waals surface area contributed by atoms with Gasteiger partial charge in [-0.1, -0.05) is 0 Å². The third kappa shape index (κ3) is 4.76. The SMILES string of the molecule is C[CH2][Sn]([CH]=C=C=C(C)C)([CH2]C)[CH2]C. The van der Waals surface area contributed by atoms with Crippen LogP contribution in [0.4, 0.5) is 0 Å². The normalized spacial score (nSPS) is 10.2. The number of hydrogen-bond donors (Lipinski definition) is 0. The Morgan fingerprint density at radius 2 is 1.54 bits per heavy atom. The Hall–Kier alpha value is 0.0987. The molecule has 0 aliphatic heterocycles. The first-order valence-corrected chi connectivity index (χ1v) is 13.0. The topological polar surface area (TPSA) is 0 Å². The molecule has 0 saturated heterocycles. The van der Waals surface area contributed by atoms with Gasteiger partial charge in [0.1, 0.15) is 0 Å². The van der Waals surface area contributed by atoms with Crippen LogP contribution in [0.2, 0.25) is 13.3 Å². The van der Waals surface area contributed by atoms with E-state index in [0.717, 1.165) is 0 Å². The summed E-state index contributed by atoms with van der Waals surface area (Å²) >= 11 is -1.84. The van der Waals surface area contributed by atoms with Gasteiger partial charge in [0, 0.05) is 0 Å². The Morgan fingerprint density at radius 3 is 1.85 bits per heavy atom. The molecular weight excluding hydrogens is 263 g/mol. The molecule has 0 aromatic rings. The molecule has 0 rings (SSSR count). The van der Waals surface area contributed by atoms with Crippen LogP contribution in [0.3, 0.4) is 0 Å². The number of allylic oxidation sites excluding steroid dienone is 1. The minimum atomic E-state index is -1.84. The molecule has 0 aliphatic rings. The van der Waals surface area contributed by atoms with Crippen molar-refractivity contribution >= 4 is 18.4 Å². The maximum atomic E-state index is 3.26. The van der Waals surface area contributed by atoms with Crippen molar-refractivity contribution in [3.05, 3.63) is 21.1 Å². The molecule has 0 aromatic carbocycles. The Morgan fingerprint density at radius 1 is 1.08 bits per heavy atom. The zero-order valence-electron chi connectivity index (χ0n) is 9.70. The van der Waals surface area contributed by atoms with Crippen LogP contribution in [-0.4, -0.2) is 18.4 Å². The quantitative estimate of drug-likeness (QED) is 0.533. The zero-order valence-corrected chi connectivity index (χ0v) is 12.6. The first-order chi connectivity index (χ1) is 6.10. The number of hydrogen-bond acceptors (Lipinski definition) is 0. The fraction of sp³-hybridized carbons (Fsp3) is 0.667. The van der Waals surface area contributed by atoms with E-state index in [1.54, 1.807) is 0 Å². The van der Waals surface area contributed by atoms with Gasteiger partial charge < -0.3 is 0 Å². The molecule has 0 bridgehead atoms. The first kappa shape index (κ1) is 13.1. The molecule has 0 fully saturated rings. The van der Waals surface area contributed by atoms with Crippen LogP contribution >= 0.6 is 0 Å². The number of rotatable bonds is 4. The monoisotopic (exact) mass is 286 g/mol. The van der Waals surface area contributed by atoms with Gasteiger partial charge in [0.2, 0.25) is 0 Å². The van der Waals surface area contributed by atoms with E-state index in [-0.39, 0.29) is 0 Å². The van der Waals surface area contributed by atoms with Crippen LogP contribution in [0.5, 0.6) is 0 Å². The summed E-state index contributed by atoms with van der Waals surface area (Å²) in [6.45, 7) is 11.2. The molecule has 74 valence electrons. The van der Waals surface area contributed by atoms with Crippen molar-refractivity contribution in [2.45, 2.75) is 47.9 Å². The minimum absolute atomic E-state index is 1.22. The summed E-state index contributed by atoms with van der Waals surface area (Å²) in [7, 11) is 0. The van der Waals surface area contributed by atoms with Crippen LogP contribution in [0, 0.1) is 0 Å². The van der Waals surface area contributed by atoms with Crippen LogP contribution in [-0.2, 0) is 0 Å². The summed E-state index contributed by atoms with van der Waals surface area (Å²) in [5, 5.41) is 0. The molecule has 1 heteroatoms. The Bertz CT molecular complexity index is 222. The Labute approximate surface area is 87.3 Å². The van der Waals surface area contributed by atoms with Crippen molar-refractivity contribution in [2.24, 2.45) is 0 Å². The fourth-order valence-corrected chi connectivity index (χ4v) is 8.50. The second-order valence-electron chi connectivity index (χ2n) is 3.84. The van der Waals surface area contributed by atoms with Crippen LogP contribution in [0.1, 0.15) is 34.6 Å². The maximum absolute atomic E-state index is 3.26. The van der Waals surface area contributed by atoms with Crippen molar-refractivity contribution < 1.29 is 0 Å². The van der Waals surface area contributed by atoms with Gasteiger partial charge in [-0.25, -0.2) is 0 Å². The van der Waals surface area contributed by atoms with Gasteiger partial charge in [-0.05, 0) is 0 Å². The molecule has 0 N–H and O–H groups in total. The first-order valence-electron chi connectivity index (χ1n) is 5.26. The molecular formula is C12H22Sn. The van der Waals surface area contributed by atoms with Gasteiger partial charge in [-0.15, -0.1) is 0 Å². The van der Waals surface area contributed by atoms with Crippen LogP contribution in [0.15, 0.2) is 21.1 Å². The van der Waals surface area contributed by atoms with Crippen molar-refractivity contribution in [1.82, 2.24) is 0 Å². The van der Waals surface area contributed by atoms with Crippen LogP contribution in [0.25, 0.3) is 0 Å². The molecule has 0 amide bonds. The molecule has 0 saturated carbocycles. The second kappa shape index (κ2) is 6.54. The molecule has 0 aliphatic carbocycles. The van der Waals surface area contributed by atoms with Gasteiger partial charge in [0.25, 0.3) is 0 Å². The third-order valence-electron chi connectivity index (χ3n) is 2.81. The van der Waals surface area contributed by atoms with E-state index in [1.807, 2.05) is 0 Å². The molecule has 0 atom stereocenters. The molecule has 13 heavy (non-hydrogen) atoms. The van der Waals surface area contributed by atoms with Gasteiger partial charge in [-0.3, -0.25) is 0 Å². The summed E-state index contributed by atoms with van der Waals surface area (Å²) in [6.07, 6.45) is 0. The molecule has 0 aromatic heterocycles. The summed E-state index contributed by atoms with van der Waals surface area (Å²) < 4.78 is 6.61. The van der Waals surface area contributed by atoms with Crippen molar-refractivity contribution in [1.29, 1.82) is 0 Å².